The first-order valence-corrected chi connectivity index (χ1v) is 13.0. The van der Waals surface area contributed by atoms with E-state index < -0.39 is 17.9 Å². The first kappa shape index (κ1) is 28.6. The summed E-state index contributed by atoms with van der Waals surface area (Å²) in [6.07, 6.45) is 7.02. The van der Waals surface area contributed by atoms with Gasteiger partial charge >= 0.3 is 5.97 Å². The Morgan fingerprint density at radius 2 is 1.91 bits per heavy atom. The number of hydrogen-bond donors (Lipinski definition) is 4. The number of thiol groups is 1. The fourth-order valence-electron chi connectivity index (χ4n) is 3.15. The molecule has 0 aliphatic heterocycles. The van der Waals surface area contributed by atoms with Gasteiger partial charge in [-0.3, -0.25) is 4.79 Å². The SMILES string of the molecule is COC(=O)[C@H](CCSC)NC(=O)[C@@H](/C=C/[C@@H](NC[C@@H](N)CS)C(C)C)Cc1ccccc1. The lowest BCUT2D eigenvalue weighted by atomic mass is 9.95. The quantitative estimate of drug-likeness (QED) is 0.175. The van der Waals surface area contributed by atoms with Gasteiger partial charge in [-0.2, -0.15) is 24.4 Å². The van der Waals surface area contributed by atoms with E-state index in [9.17, 15) is 9.59 Å². The molecule has 4 atom stereocenters. The van der Waals surface area contributed by atoms with E-state index in [0.717, 1.165) is 11.3 Å². The Morgan fingerprint density at radius 1 is 1.22 bits per heavy atom. The Morgan fingerprint density at radius 3 is 2.47 bits per heavy atom. The summed E-state index contributed by atoms with van der Waals surface area (Å²) in [4.78, 5) is 25.4. The molecular formula is C24H39N3O3S2. The summed E-state index contributed by atoms with van der Waals surface area (Å²) in [7, 11) is 1.34. The number of esters is 1. The van der Waals surface area contributed by atoms with E-state index >= 15 is 0 Å². The van der Waals surface area contributed by atoms with Gasteiger partial charge in [0.15, 0.2) is 0 Å². The van der Waals surface area contributed by atoms with E-state index in [2.05, 4.69) is 37.1 Å². The number of methoxy groups -OCH3 is 1. The smallest absolute Gasteiger partial charge is 0.328 e. The summed E-state index contributed by atoms with van der Waals surface area (Å²) in [6.45, 7) is 4.89. The molecule has 0 saturated carbocycles. The molecule has 4 N–H and O–H groups in total. The lowest BCUT2D eigenvalue weighted by molar-refractivity contribution is -0.145. The van der Waals surface area contributed by atoms with Gasteiger partial charge in [-0.05, 0) is 36.3 Å². The van der Waals surface area contributed by atoms with Gasteiger partial charge in [0.2, 0.25) is 5.91 Å². The van der Waals surface area contributed by atoms with Crippen molar-refractivity contribution >= 4 is 36.3 Å². The Balaban J connectivity index is 3.02. The summed E-state index contributed by atoms with van der Waals surface area (Å²) >= 11 is 5.87. The van der Waals surface area contributed by atoms with Crippen molar-refractivity contribution in [1.29, 1.82) is 0 Å². The van der Waals surface area contributed by atoms with Crippen LogP contribution in [0.25, 0.3) is 0 Å². The molecule has 1 aromatic rings. The van der Waals surface area contributed by atoms with Crippen LogP contribution in [0.1, 0.15) is 25.8 Å². The fourth-order valence-corrected chi connectivity index (χ4v) is 3.75. The third-order valence-electron chi connectivity index (χ3n) is 5.17. The van der Waals surface area contributed by atoms with Crippen molar-refractivity contribution in [2.45, 2.75) is 44.8 Å². The van der Waals surface area contributed by atoms with Crippen molar-refractivity contribution in [3.05, 3.63) is 48.0 Å². The lowest BCUT2D eigenvalue weighted by Crippen LogP contribution is -2.45. The van der Waals surface area contributed by atoms with Gasteiger partial charge in [0.1, 0.15) is 6.04 Å². The first-order chi connectivity index (χ1) is 15.3. The molecule has 0 bridgehead atoms. The molecular weight excluding hydrogens is 442 g/mol. The molecule has 0 aliphatic carbocycles. The fraction of sp³-hybridized carbons (Fsp3) is 0.583. The van der Waals surface area contributed by atoms with Gasteiger partial charge in [0, 0.05) is 24.4 Å². The zero-order valence-electron chi connectivity index (χ0n) is 19.6. The zero-order valence-corrected chi connectivity index (χ0v) is 21.3. The zero-order chi connectivity index (χ0) is 23.9. The maximum atomic E-state index is 13.2. The highest BCUT2D eigenvalue weighted by molar-refractivity contribution is 7.98. The third kappa shape index (κ3) is 10.9. The molecule has 0 unspecified atom stereocenters. The van der Waals surface area contributed by atoms with Gasteiger partial charge in [0.05, 0.1) is 13.0 Å². The Kier molecular flexibility index (Phi) is 14.4. The molecule has 1 rings (SSSR count). The molecule has 6 nitrogen and oxygen atoms in total. The van der Waals surface area contributed by atoms with Crippen LogP contribution in [0.5, 0.6) is 0 Å². The normalized spacial score (nSPS) is 15.3. The summed E-state index contributed by atoms with van der Waals surface area (Å²) in [6, 6.07) is 9.26. The van der Waals surface area contributed by atoms with Crippen molar-refractivity contribution in [3.63, 3.8) is 0 Å². The molecule has 0 radical (unpaired) electrons. The average molecular weight is 482 g/mol. The van der Waals surface area contributed by atoms with Gasteiger partial charge < -0.3 is 21.1 Å². The van der Waals surface area contributed by atoms with Crippen LogP contribution in [0.15, 0.2) is 42.5 Å². The predicted molar refractivity (Wildman–Crippen MR) is 138 cm³/mol. The molecule has 1 amide bonds. The molecule has 180 valence electrons. The van der Waals surface area contributed by atoms with Gasteiger partial charge in [-0.1, -0.05) is 56.3 Å². The molecule has 0 saturated heterocycles. The summed E-state index contributed by atoms with van der Waals surface area (Å²) in [5.41, 5.74) is 7.05. The number of amides is 1. The Labute approximate surface area is 202 Å². The highest BCUT2D eigenvalue weighted by Crippen LogP contribution is 2.14. The van der Waals surface area contributed by atoms with E-state index in [-0.39, 0.29) is 18.0 Å². The second kappa shape index (κ2) is 16.2. The minimum Gasteiger partial charge on any atom is -0.467 e. The average Bonchev–Trinajstić information content (AvgIpc) is 2.80. The van der Waals surface area contributed by atoms with Crippen molar-refractivity contribution < 1.29 is 14.3 Å². The topological polar surface area (TPSA) is 93.4 Å². The van der Waals surface area contributed by atoms with Crippen LogP contribution in [0.4, 0.5) is 0 Å². The highest BCUT2D eigenvalue weighted by atomic mass is 32.2. The number of carbonyl (C=O) groups excluding carboxylic acids is 2. The van der Waals surface area contributed by atoms with Crippen LogP contribution in [-0.4, -0.2) is 61.4 Å². The molecule has 0 heterocycles. The molecule has 8 heteroatoms. The van der Waals surface area contributed by atoms with Crippen LogP contribution < -0.4 is 16.4 Å². The molecule has 1 aromatic carbocycles. The van der Waals surface area contributed by atoms with Crippen molar-refractivity contribution in [2.24, 2.45) is 17.6 Å². The van der Waals surface area contributed by atoms with Crippen LogP contribution in [-0.2, 0) is 20.7 Å². The second-order valence-electron chi connectivity index (χ2n) is 8.17. The molecule has 0 aliphatic rings. The Bertz CT molecular complexity index is 701. The molecule has 0 spiro atoms. The van der Waals surface area contributed by atoms with E-state index in [1.807, 2.05) is 48.7 Å². The van der Waals surface area contributed by atoms with Crippen molar-refractivity contribution in [3.8, 4) is 0 Å². The minimum atomic E-state index is -0.654. The summed E-state index contributed by atoms with van der Waals surface area (Å²) < 4.78 is 4.89. The van der Waals surface area contributed by atoms with Crippen LogP contribution in [0.2, 0.25) is 0 Å². The number of nitrogens with two attached hydrogens (primary N) is 1. The number of nitrogens with one attached hydrogen (secondary N) is 2. The lowest BCUT2D eigenvalue weighted by Gasteiger charge is -2.23. The van der Waals surface area contributed by atoms with Crippen molar-refractivity contribution in [1.82, 2.24) is 10.6 Å². The predicted octanol–water partition coefficient (Wildman–Crippen LogP) is 2.68. The molecule has 0 aromatic heterocycles. The van der Waals surface area contributed by atoms with Gasteiger partial charge in [0.25, 0.3) is 0 Å². The van der Waals surface area contributed by atoms with E-state index in [0.29, 0.717) is 31.1 Å². The Hall–Kier alpha value is -1.48. The molecule has 32 heavy (non-hydrogen) atoms. The van der Waals surface area contributed by atoms with E-state index in [1.165, 1.54) is 7.11 Å². The standard InChI is InChI=1S/C24H39N3O3S2/c1-17(2)21(26-15-20(25)16-31)11-10-19(14-18-8-6-5-7-9-18)23(28)27-22(12-13-32-4)24(29)30-3/h5-11,17,19-22,26,31H,12-16,25H2,1-4H3,(H,27,28)/b11-10+/t19-,20+,21+,22-/m0/s1. The second-order valence-corrected chi connectivity index (χ2v) is 9.52. The number of carbonyl (C=O) groups is 2. The number of rotatable bonds is 15. The molecule has 0 fully saturated rings. The largest absolute Gasteiger partial charge is 0.467 e. The highest BCUT2D eigenvalue weighted by Gasteiger charge is 2.25. The monoisotopic (exact) mass is 481 g/mol. The van der Waals surface area contributed by atoms with Crippen molar-refractivity contribution in [2.75, 3.05) is 31.4 Å². The number of hydrogen-bond acceptors (Lipinski definition) is 7. The number of thioether (sulfide) groups is 1. The number of benzene rings is 1. The summed E-state index contributed by atoms with van der Waals surface area (Å²) in [5.74, 6) is 0.660. The van der Waals surface area contributed by atoms with Gasteiger partial charge in [-0.15, -0.1) is 0 Å². The van der Waals surface area contributed by atoms with E-state index in [4.69, 9.17) is 10.5 Å². The van der Waals surface area contributed by atoms with Crippen LogP contribution in [0.3, 0.4) is 0 Å². The number of ether oxygens (including phenoxy) is 1. The van der Waals surface area contributed by atoms with E-state index in [1.54, 1.807) is 11.8 Å². The van der Waals surface area contributed by atoms with Crippen LogP contribution >= 0.6 is 24.4 Å². The summed E-state index contributed by atoms with van der Waals surface area (Å²) in [5, 5.41) is 6.36. The maximum absolute atomic E-state index is 13.2. The first-order valence-electron chi connectivity index (χ1n) is 11.0. The van der Waals surface area contributed by atoms with Crippen LogP contribution in [0, 0.1) is 11.8 Å². The third-order valence-corrected chi connectivity index (χ3v) is 6.28. The minimum absolute atomic E-state index is 0.0337. The van der Waals surface area contributed by atoms with Gasteiger partial charge in [-0.25, -0.2) is 4.79 Å². The maximum Gasteiger partial charge on any atom is 0.328 e.